The number of alkyl halides is 6. The fraction of sp³-hybridized carbons (Fsp3) is 0.111. The summed E-state index contributed by atoms with van der Waals surface area (Å²) >= 11 is 3.29. The van der Waals surface area contributed by atoms with Crippen molar-refractivity contribution in [3.05, 3.63) is 70.3 Å². The maximum absolute atomic E-state index is 13.0. The molecule has 0 saturated carbocycles. The molecule has 8 heteroatoms. The van der Waals surface area contributed by atoms with Gasteiger partial charge in [0.2, 0.25) is 0 Å². The highest BCUT2D eigenvalue weighted by Crippen LogP contribution is 2.39. The lowest BCUT2D eigenvalue weighted by atomic mass is 10.0. The van der Waals surface area contributed by atoms with Crippen LogP contribution in [0.15, 0.2) is 59.2 Å². The van der Waals surface area contributed by atoms with E-state index in [1.165, 1.54) is 12.3 Å². The summed E-state index contributed by atoms with van der Waals surface area (Å²) in [6.45, 7) is 0. The smallest absolute Gasteiger partial charge is 0.361 e. The van der Waals surface area contributed by atoms with E-state index in [0.717, 1.165) is 10.0 Å². The number of rotatable bonds is 2. The third-order valence-electron chi connectivity index (χ3n) is 3.76. The second kappa shape index (κ2) is 6.50. The molecule has 0 bridgehead atoms. The summed E-state index contributed by atoms with van der Waals surface area (Å²) in [7, 11) is 0. The molecule has 2 aromatic carbocycles. The van der Waals surface area contributed by atoms with Gasteiger partial charge in [-0.25, -0.2) is 0 Å². The molecule has 0 atom stereocenters. The molecule has 136 valence electrons. The van der Waals surface area contributed by atoms with Crippen LogP contribution < -0.4 is 0 Å². The standard InChI is InChI=1S/C18H10BrF6N/c19-15-3-1-10(2-4-15)16-7-12(9-26-16)11-5-13(17(20,21)22)8-14(6-11)18(23,24)25/h1-9,26H. The largest absolute Gasteiger partial charge is 0.416 e. The quantitative estimate of drug-likeness (QED) is 0.413. The van der Waals surface area contributed by atoms with Gasteiger partial charge in [-0.3, -0.25) is 0 Å². The number of halogens is 7. The molecule has 0 saturated heterocycles. The molecule has 0 aliphatic heterocycles. The zero-order valence-electron chi connectivity index (χ0n) is 12.8. The van der Waals surface area contributed by atoms with Crippen molar-refractivity contribution in [1.29, 1.82) is 0 Å². The van der Waals surface area contributed by atoms with Crippen LogP contribution in [-0.2, 0) is 12.4 Å². The molecule has 0 radical (unpaired) electrons. The summed E-state index contributed by atoms with van der Waals surface area (Å²) in [5, 5.41) is 0. The minimum atomic E-state index is -4.87. The monoisotopic (exact) mass is 433 g/mol. The molecule has 26 heavy (non-hydrogen) atoms. The van der Waals surface area contributed by atoms with Crippen molar-refractivity contribution < 1.29 is 26.3 Å². The van der Waals surface area contributed by atoms with Crippen molar-refractivity contribution >= 4 is 15.9 Å². The van der Waals surface area contributed by atoms with E-state index in [-0.39, 0.29) is 17.2 Å². The predicted octanol–water partition coefficient (Wildman–Crippen LogP) is 7.15. The van der Waals surface area contributed by atoms with Crippen LogP contribution in [0, 0.1) is 0 Å². The second-order valence-corrected chi connectivity index (χ2v) is 6.52. The van der Waals surface area contributed by atoms with Gasteiger partial charge < -0.3 is 4.98 Å². The average Bonchev–Trinajstić information content (AvgIpc) is 3.03. The maximum atomic E-state index is 13.0. The van der Waals surface area contributed by atoms with Crippen LogP contribution in [0.2, 0.25) is 0 Å². The maximum Gasteiger partial charge on any atom is 0.416 e. The summed E-state index contributed by atoms with van der Waals surface area (Å²) in [6, 6.07) is 10.2. The molecule has 3 aromatic rings. The third-order valence-corrected chi connectivity index (χ3v) is 4.29. The lowest BCUT2D eigenvalue weighted by Gasteiger charge is -2.13. The number of hydrogen-bond acceptors (Lipinski definition) is 0. The Kier molecular flexibility index (Phi) is 4.64. The van der Waals surface area contributed by atoms with Gasteiger partial charge in [0.25, 0.3) is 0 Å². The number of nitrogens with one attached hydrogen (secondary N) is 1. The first-order valence-electron chi connectivity index (χ1n) is 7.28. The number of hydrogen-bond donors (Lipinski definition) is 1. The van der Waals surface area contributed by atoms with Gasteiger partial charge in [-0.2, -0.15) is 26.3 Å². The van der Waals surface area contributed by atoms with Gasteiger partial charge in [0.15, 0.2) is 0 Å². The number of aromatic amines is 1. The van der Waals surface area contributed by atoms with Crippen molar-refractivity contribution in [1.82, 2.24) is 4.98 Å². The van der Waals surface area contributed by atoms with E-state index in [2.05, 4.69) is 20.9 Å². The lowest BCUT2D eigenvalue weighted by Crippen LogP contribution is -2.11. The number of aromatic nitrogens is 1. The van der Waals surface area contributed by atoms with Crippen molar-refractivity contribution in [3.8, 4) is 22.4 Å². The first kappa shape index (κ1) is 18.6. The molecule has 1 aromatic heterocycles. The van der Waals surface area contributed by atoms with Crippen LogP contribution in [0.1, 0.15) is 11.1 Å². The normalized spacial score (nSPS) is 12.4. The van der Waals surface area contributed by atoms with E-state index in [1.807, 2.05) is 0 Å². The Hall–Kier alpha value is -2.22. The van der Waals surface area contributed by atoms with Crippen molar-refractivity contribution in [2.45, 2.75) is 12.4 Å². The third kappa shape index (κ3) is 3.95. The van der Waals surface area contributed by atoms with Crippen molar-refractivity contribution in [2.24, 2.45) is 0 Å². The summed E-state index contributed by atoms with van der Waals surface area (Å²) in [5.41, 5.74) is -1.27. The topological polar surface area (TPSA) is 15.8 Å². The molecule has 1 N–H and O–H groups in total. The van der Waals surface area contributed by atoms with Gasteiger partial charge in [-0.15, -0.1) is 0 Å². The molecule has 0 fully saturated rings. The van der Waals surface area contributed by atoms with Gasteiger partial charge in [0, 0.05) is 16.4 Å². The first-order chi connectivity index (χ1) is 12.0. The zero-order valence-corrected chi connectivity index (χ0v) is 14.4. The van der Waals surface area contributed by atoms with Gasteiger partial charge in [-0.05, 0) is 53.1 Å². The fourth-order valence-electron chi connectivity index (χ4n) is 2.48. The Labute approximate surface area is 152 Å². The number of H-pyrrole nitrogens is 1. The minimum absolute atomic E-state index is 0.117. The SMILES string of the molecule is FC(F)(F)c1cc(-c2c[nH]c(-c3ccc(Br)cc3)c2)cc(C(F)(F)F)c1. The average molecular weight is 434 g/mol. The van der Waals surface area contributed by atoms with E-state index >= 15 is 0 Å². The molecular weight excluding hydrogens is 424 g/mol. The van der Waals surface area contributed by atoms with Gasteiger partial charge in [0.1, 0.15) is 0 Å². The van der Waals surface area contributed by atoms with Gasteiger partial charge in [0.05, 0.1) is 11.1 Å². The fourth-order valence-corrected chi connectivity index (χ4v) is 2.74. The summed E-state index contributed by atoms with van der Waals surface area (Å²) < 4.78 is 78.7. The second-order valence-electron chi connectivity index (χ2n) is 5.60. The van der Waals surface area contributed by atoms with E-state index in [1.54, 1.807) is 24.3 Å². The minimum Gasteiger partial charge on any atom is -0.361 e. The Morgan fingerprint density at radius 1 is 0.654 bits per heavy atom. The van der Waals surface area contributed by atoms with Gasteiger partial charge >= 0.3 is 12.4 Å². The van der Waals surface area contributed by atoms with E-state index in [4.69, 9.17) is 0 Å². The van der Waals surface area contributed by atoms with Crippen LogP contribution in [0.4, 0.5) is 26.3 Å². The summed E-state index contributed by atoms with van der Waals surface area (Å²) in [4.78, 5) is 2.88. The predicted molar refractivity (Wildman–Crippen MR) is 89.4 cm³/mol. The molecule has 0 aliphatic carbocycles. The summed E-state index contributed by atoms with van der Waals surface area (Å²) in [6.07, 6.45) is -8.37. The highest BCUT2D eigenvalue weighted by atomic mass is 79.9. The molecule has 3 rings (SSSR count). The van der Waals surface area contributed by atoms with Crippen molar-refractivity contribution in [2.75, 3.05) is 0 Å². The van der Waals surface area contributed by atoms with Crippen LogP contribution in [0.3, 0.4) is 0 Å². The van der Waals surface area contributed by atoms with E-state index in [9.17, 15) is 26.3 Å². The Morgan fingerprint density at radius 2 is 1.19 bits per heavy atom. The molecule has 0 aliphatic rings. The first-order valence-corrected chi connectivity index (χ1v) is 8.07. The molecule has 0 amide bonds. The van der Waals surface area contributed by atoms with E-state index < -0.39 is 23.5 Å². The summed E-state index contributed by atoms with van der Waals surface area (Å²) in [5.74, 6) is 0. The Morgan fingerprint density at radius 3 is 1.69 bits per heavy atom. The van der Waals surface area contributed by atoms with Crippen LogP contribution in [0.5, 0.6) is 0 Å². The van der Waals surface area contributed by atoms with Crippen molar-refractivity contribution in [3.63, 3.8) is 0 Å². The Balaban J connectivity index is 2.07. The molecule has 0 spiro atoms. The molecular formula is C18H10BrF6N. The molecule has 1 nitrogen and oxygen atoms in total. The van der Waals surface area contributed by atoms with Crippen LogP contribution in [0.25, 0.3) is 22.4 Å². The Bertz CT molecular complexity index is 890. The molecule has 1 heterocycles. The highest BCUT2D eigenvalue weighted by molar-refractivity contribution is 9.10. The van der Waals surface area contributed by atoms with Crippen LogP contribution >= 0.6 is 15.9 Å². The lowest BCUT2D eigenvalue weighted by molar-refractivity contribution is -0.143. The number of benzene rings is 2. The van der Waals surface area contributed by atoms with Gasteiger partial charge in [-0.1, -0.05) is 28.1 Å². The van der Waals surface area contributed by atoms with Crippen LogP contribution in [-0.4, -0.2) is 4.98 Å². The zero-order chi connectivity index (χ0) is 19.1. The highest BCUT2D eigenvalue weighted by Gasteiger charge is 2.37. The molecule has 0 unspecified atom stereocenters. The van der Waals surface area contributed by atoms with E-state index in [0.29, 0.717) is 17.8 Å².